The van der Waals surface area contributed by atoms with E-state index >= 15 is 0 Å². The first kappa shape index (κ1) is 15.7. The van der Waals surface area contributed by atoms with Crippen LogP contribution in [0.25, 0.3) is 0 Å². The fourth-order valence-electron chi connectivity index (χ4n) is 3.16. The number of thioether (sulfide) groups is 2. The number of hydrogen-bond acceptors (Lipinski definition) is 4. The third kappa shape index (κ3) is 5.20. The molecule has 1 aromatic carbocycles. The van der Waals surface area contributed by atoms with E-state index in [-0.39, 0.29) is 0 Å². The number of nitrogens with one attached hydrogen (secondary N) is 1. The van der Waals surface area contributed by atoms with Crippen molar-refractivity contribution in [3.05, 3.63) is 35.9 Å². The average molecular weight is 323 g/mol. The minimum Gasteiger partial charge on any atom is -0.312 e. The van der Waals surface area contributed by atoms with E-state index in [1.807, 2.05) is 0 Å². The van der Waals surface area contributed by atoms with Gasteiger partial charge < -0.3 is 5.32 Å². The maximum Gasteiger partial charge on any atom is 0.0263 e. The van der Waals surface area contributed by atoms with Crippen molar-refractivity contribution in [2.75, 3.05) is 36.9 Å². The number of benzene rings is 1. The van der Waals surface area contributed by atoms with Crippen molar-refractivity contribution in [2.45, 2.75) is 30.7 Å². The van der Waals surface area contributed by atoms with Crippen LogP contribution in [-0.4, -0.2) is 53.1 Å². The van der Waals surface area contributed by atoms with Crippen molar-refractivity contribution in [1.29, 1.82) is 0 Å². The lowest BCUT2D eigenvalue weighted by molar-refractivity contribution is 0.184. The molecule has 2 saturated heterocycles. The van der Waals surface area contributed by atoms with E-state index < -0.39 is 0 Å². The van der Waals surface area contributed by atoms with E-state index in [0.29, 0.717) is 6.04 Å². The molecule has 0 aromatic heterocycles. The molecule has 0 saturated carbocycles. The molecule has 2 atom stereocenters. The average Bonchev–Trinajstić information content (AvgIpc) is 2.55. The minimum absolute atomic E-state index is 0.690. The second-order valence-corrected chi connectivity index (χ2v) is 8.59. The fraction of sp³-hybridized carbons (Fsp3) is 0.647. The summed E-state index contributed by atoms with van der Waals surface area (Å²) in [6, 6.07) is 11.6. The van der Waals surface area contributed by atoms with Crippen LogP contribution in [0.5, 0.6) is 0 Å². The summed E-state index contributed by atoms with van der Waals surface area (Å²) in [6.45, 7) is 4.76. The highest BCUT2D eigenvalue weighted by Crippen LogP contribution is 2.23. The third-order valence-corrected chi connectivity index (χ3v) is 7.12. The van der Waals surface area contributed by atoms with Crippen LogP contribution in [0, 0.1) is 0 Å². The molecule has 2 unspecified atom stereocenters. The first-order valence-corrected chi connectivity index (χ1v) is 10.3. The van der Waals surface area contributed by atoms with Gasteiger partial charge in [0.1, 0.15) is 0 Å². The zero-order valence-corrected chi connectivity index (χ0v) is 14.3. The highest BCUT2D eigenvalue weighted by molar-refractivity contribution is 8.06. The lowest BCUT2D eigenvalue weighted by Gasteiger charge is -2.34. The van der Waals surface area contributed by atoms with Crippen LogP contribution in [-0.2, 0) is 6.54 Å². The monoisotopic (exact) mass is 322 g/mol. The summed E-state index contributed by atoms with van der Waals surface area (Å²) in [5, 5.41) is 4.66. The predicted octanol–water partition coefficient (Wildman–Crippen LogP) is 3.09. The maximum absolute atomic E-state index is 3.83. The molecule has 2 fully saturated rings. The van der Waals surface area contributed by atoms with Crippen LogP contribution in [0.3, 0.4) is 0 Å². The lowest BCUT2D eigenvalue weighted by atomic mass is 10.0. The van der Waals surface area contributed by atoms with Crippen LogP contribution < -0.4 is 5.32 Å². The van der Waals surface area contributed by atoms with Crippen molar-refractivity contribution in [2.24, 2.45) is 0 Å². The molecule has 0 amide bonds. The Kier molecular flexibility index (Phi) is 6.34. The molecule has 2 aliphatic rings. The Bertz CT molecular complexity index is 407. The van der Waals surface area contributed by atoms with Crippen molar-refractivity contribution in [3.63, 3.8) is 0 Å². The van der Waals surface area contributed by atoms with Gasteiger partial charge >= 0.3 is 0 Å². The maximum atomic E-state index is 3.83. The molecule has 116 valence electrons. The molecule has 0 bridgehead atoms. The molecular formula is C17H26N2S2. The molecule has 2 nitrogen and oxygen atoms in total. The fourth-order valence-corrected chi connectivity index (χ4v) is 5.78. The highest BCUT2D eigenvalue weighted by atomic mass is 32.2. The van der Waals surface area contributed by atoms with Crippen LogP contribution in [0.15, 0.2) is 30.3 Å². The van der Waals surface area contributed by atoms with Crippen molar-refractivity contribution in [1.82, 2.24) is 10.2 Å². The topological polar surface area (TPSA) is 15.3 Å². The molecule has 0 radical (unpaired) electrons. The van der Waals surface area contributed by atoms with Gasteiger partial charge in [-0.3, -0.25) is 4.90 Å². The van der Waals surface area contributed by atoms with Gasteiger partial charge in [-0.1, -0.05) is 30.3 Å². The number of hydrogen-bond donors (Lipinski definition) is 1. The summed E-state index contributed by atoms with van der Waals surface area (Å²) < 4.78 is 0. The Morgan fingerprint density at radius 1 is 1.19 bits per heavy atom. The molecular weight excluding hydrogens is 296 g/mol. The summed E-state index contributed by atoms with van der Waals surface area (Å²) in [5.74, 6) is 4.01. The van der Waals surface area contributed by atoms with Crippen LogP contribution in [0.1, 0.15) is 18.4 Å². The quantitative estimate of drug-likeness (QED) is 0.895. The molecule has 0 spiro atoms. The van der Waals surface area contributed by atoms with Gasteiger partial charge in [-0.25, -0.2) is 0 Å². The minimum atomic E-state index is 0.690. The normalized spacial score (nSPS) is 27.6. The van der Waals surface area contributed by atoms with E-state index in [1.54, 1.807) is 0 Å². The Morgan fingerprint density at radius 2 is 2.10 bits per heavy atom. The van der Waals surface area contributed by atoms with Crippen LogP contribution in [0.2, 0.25) is 0 Å². The smallest absolute Gasteiger partial charge is 0.0263 e. The van der Waals surface area contributed by atoms with Gasteiger partial charge in [0.15, 0.2) is 0 Å². The molecule has 4 heteroatoms. The van der Waals surface area contributed by atoms with Crippen LogP contribution in [0.4, 0.5) is 0 Å². The lowest BCUT2D eigenvalue weighted by Crippen LogP contribution is -2.47. The number of piperidine rings is 1. The van der Waals surface area contributed by atoms with E-state index in [4.69, 9.17) is 0 Å². The van der Waals surface area contributed by atoms with Gasteiger partial charge in [0.05, 0.1) is 0 Å². The second-order valence-electron chi connectivity index (χ2n) is 6.04. The first-order valence-electron chi connectivity index (χ1n) is 8.09. The first-order chi connectivity index (χ1) is 10.4. The third-order valence-electron chi connectivity index (χ3n) is 4.27. The second kappa shape index (κ2) is 8.47. The molecule has 2 heterocycles. The van der Waals surface area contributed by atoms with Crippen molar-refractivity contribution < 1.29 is 0 Å². The molecule has 2 aliphatic heterocycles. The Hall–Kier alpha value is -0.160. The predicted molar refractivity (Wildman–Crippen MR) is 96.3 cm³/mol. The molecule has 0 aliphatic carbocycles. The van der Waals surface area contributed by atoms with Gasteiger partial charge in [0.2, 0.25) is 0 Å². The summed E-state index contributed by atoms with van der Waals surface area (Å²) in [6.07, 6.45) is 2.67. The number of rotatable bonds is 5. The van der Waals surface area contributed by atoms with E-state index in [1.165, 1.54) is 55.3 Å². The van der Waals surface area contributed by atoms with Crippen molar-refractivity contribution in [3.8, 4) is 0 Å². The molecule has 21 heavy (non-hydrogen) atoms. The Morgan fingerprint density at radius 3 is 2.90 bits per heavy atom. The van der Waals surface area contributed by atoms with Gasteiger partial charge in [-0.2, -0.15) is 23.5 Å². The van der Waals surface area contributed by atoms with Crippen LogP contribution >= 0.6 is 23.5 Å². The summed E-state index contributed by atoms with van der Waals surface area (Å²) in [5.41, 5.74) is 1.44. The summed E-state index contributed by atoms with van der Waals surface area (Å²) >= 11 is 4.28. The van der Waals surface area contributed by atoms with Gasteiger partial charge in [0.25, 0.3) is 0 Å². The van der Waals surface area contributed by atoms with Gasteiger partial charge in [-0.05, 0) is 24.9 Å². The SMILES string of the molecule is c1ccc(CN2CCCC(NCC3CSCCS3)C2)cc1. The van der Waals surface area contributed by atoms with E-state index in [0.717, 1.165) is 11.8 Å². The summed E-state index contributed by atoms with van der Waals surface area (Å²) in [4.78, 5) is 2.61. The zero-order valence-electron chi connectivity index (χ0n) is 12.7. The Labute approximate surface area is 137 Å². The standard InChI is InChI=1S/C17H26N2S2/c1-2-5-15(6-3-1)12-19-8-4-7-16(13-19)18-11-17-14-20-9-10-21-17/h1-3,5-6,16-18H,4,7-14H2. The highest BCUT2D eigenvalue weighted by Gasteiger charge is 2.21. The molecule has 1 N–H and O–H groups in total. The van der Waals surface area contributed by atoms with Crippen molar-refractivity contribution >= 4 is 23.5 Å². The zero-order chi connectivity index (χ0) is 14.3. The molecule has 1 aromatic rings. The van der Waals surface area contributed by atoms with E-state index in [9.17, 15) is 0 Å². The molecule has 3 rings (SSSR count). The largest absolute Gasteiger partial charge is 0.312 e. The van der Waals surface area contributed by atoms with Gasteiger partial charge in [0, 0.05) is 48.2 Å². The number of nitrogens with zero attached hydrogens (tertiary/aromatic N) is 1. The number of likely N-dealkylation sites (tertiary alicyclic amines) is 1. The Balaban J connectivity index is 1.42. The van der Waals surface area contributed by atoms with Gasteiger partial charge in [-0.15, -0.1) is 0 Å². The van der Waals surface area contributed by atoms with E-state index in [2.05, 4.69) is 64.1 Å². The summed E-state index contributed by atoms with van der Waals surface area (Å²) in [7, 11) is 0.